The van der Waals surface area contributed by atoms with Crippen LogP contribution in [0.5, 0.6) is 0 Å². The Morgan fingerprint density at radius 3 is 2.58 bits per heavy atom. The van der Waals surface area contributed by atoms with Gasteiger partial charge in [0.1, 0.15) is 0 Å². The Morgan fingerprint density at radius 2 is 1.92 bits per heavy atom. The third-order valence-corrected chi connectivity index (χ3v) is 7.29. The molecule has 2 saturated carbocycles. The quantitative estimate of drug-likeness (QED) is 0.589. The van der Waals surface area contributed by atoms with Gasteiger partial charge in [-0.3, -0.25) is 9.59 Å². The molecule has 3 aliphatic carbocycles. The molecule has 0 aromatic rings. The molecule has 0 aliphatic heterocycles. The van der Waals surface area contributed by atoms with Gasteiger partial charge < -0.3 is 10.2 Å². The molecule has 3 rings (SSSR count). The van der Waals surface area contributed by atoms with Crippen molar-refractivity contribution in [1.82, 2.24) is 0 Å². The van der Waals surface area contributed by atoms with Crippen LogP contribution in [-0.2, 0) is 9.59 Å². The number of hydrogen-bond donors (Lipinski definition) is 2. The van der Waals surface area contributed by atoms with Crippen LogP contribution >= 0.6 is 0 Å². The first-order chi connectivity index (χ1) is 12.1. The van der Waals surface area contributed by atoms with Gasteiger partial charge in [0, 0.05) is 11.1 Å². The van der Waals surface area contributed by atoms with Crippen molar-refractivity contribution in [2.24, 2.45) is 22.7 Å². The van der Waals surface area contributed by atoms with E-state index >= 15 is 0 Å². The van der Waals surface area contributed by atoms with Crippen LogP contribution in [0.25, 0.3) is 0 Å². The van der Waals surface area contributed by atoms with Crippen molar-refractivity contribution in [2.75, 3.05) is 6.61 Å². The molecule has 0 bridgehead atoms. The van der Waals surface area contributed by atoms with E-state index in [1.54, 1.807) is 0 Å². The summed E-state index contributed by atoms with van der Waals surface area (Å²) in [7, 11) is 0. The lowest BCUT2D eigenvalue weighted by atomic mass is 9.47. The Morgan fingerprint density at radius 1 is 1.23 bits per heavy atom. The van der Waals surface area contributed by atoms with Crippen LogP contribution in [-0.4, -0.2) is 28.4 Å². The molecule has 2 fully saturated rings. The number of aliphatic hydroxyl groups excluding tert-OH is 2. The molecule has 2 N–H and O–H groups in total. The van der Waals surface area contributed by atoms with Crippen LogP contribution in [0.15, 0.2) is 35.1 Å². The fourth-order valence-corrected chi connectivity index (χ4v) is 5.89. The Bertz CT molecular complexity index is 724. The van der Waals surface area contributed by atoms with Gasteiger partial charge in [0.15, 0.2) is 11.5 Å². The third-order valence-electron chi connectivity index (χ3n) is 7.29. The highest BCUT2D eigenvalue weighted by molar-refractivity contribution is 6.21. The average Bonchev–Trinajstić information content (AvgIpc) is 2.56. The zero-order valence-electron chi connectivity index (χ0n) is 16.1. The van der Waals surface area contributed by atoms with E-state index < -0.39 is 18.1 Å². The van der Waals surface area contributed by atoms with E-state index in [-0.39, 0.29) is 33.7 Å². The molecule has 0 heterocycles. The minimum atomic E-state index is -0.630. The van der Waals surface area contributed by atoms with E-state index in [0.29, 0.717) is 12.3 Å². The number of hydrogen-bond acceptors (Lipinski definition) is 4. The lowest BCUT2D eigenvalue weighted by molar-refractivity contribution is -0.118. The second-order valence-corrected chi connectivity index (χ2v) is 9.20. The van der Waals surface area contributed by atoms with Gasteiger partial charge in [-0.2, -0.15) is 0 Å². The summed E-state index contributed by atoms with van der Waals surface area (Å²) in [6.45, 7) is 10.7. The average molecular weight is 358 g/mol. The minimum absolute atomic E-state index is 0.0225. The molecule has 4 heteroatoms. The van der Waals surface area contributed by atoms with Crippen LogP contribution in [0.3, 0.4) is 0 Å². The van der Waals surface area contributed by atoms with Gasteiger partial charge >= 0.3 is 0 Å². The summed E-state index contributed by atoms with van der Waals surface area (Å²) in [4.78, 5) is 24.7. The fraction of sp³-hybridized carbons (Fsp3) is 0.636. The Hall–Kier alpha value is -1.68. The molecule has 0 aromatic heterocycles. The summed E-state index contributed by atoms with van der Waals surface area (Å²) in [6, 6.07) is 0. The largest absolute Gasteiger partial charge is 0.504 e. The van der Waals surface area contributed by atoms with Crippen molar-refractivity contribution in [3.05, 3.63) is 35.1 Å². The van der Waals surface area contributed by atoms with Gasteiger partial charge in [-0.25, -0.2) is 0 Å². The lowest BCUT2D eigenvalue weighted by Gasteiger charge is -2.58. The summed E-state index contributed by atoms with van der Waals surface area (Å²) < 4.78 is 0. The molecule has 1 unspecified atom stereocenters. The summed E-state index contributed by atoms with van der Waals surface area (Å²) in [6.07, 6.45) is 7.02. The standard InChI is InChI=1S/C22H30O4/c1-13-6-7-18-21(2,3)8-5-9-22(18,4)16(13)11-15-17(24)10-14(12-23)19(25)20(15)26/h10,16,18,23,26H,1,5-9,11-12H2,2-4H3/t16-,18?,22+/m0/s1. The first kappa shape index (κ1) is 19.1. The molecule has 0 spiro atoms. The number of ketones is 2. The number of Topliss-reactive ketones (excluding diaryl/α,β-unsaturated/α-hetero) is 1. The topological polar surface area (TPSA) is 74.6 Å². The van der Waals surface area contributed by atoms with E-state index in [9.17, 15) is 19.8 Å². The zero-order valence-corrected chi connectivity index (χ0v) is 16.1. The van der Waals surface area contributed by atoms with Gasteiger partial charge in [0.2, 0.25) is 5.78 Å². The molecule has 4 nitrogen and oxygen atoms in total. The minimum Gasteiger partial charge on any atom is -0.504 e. The van der Waals surface area contributed by atoms with Crippen LogP contribution in [0, 0.1) is 22.7 Å². The lowest BCUT2D eigenvalue weighted by Crippen LogP contribution is -2.49. The highest BCUT2D eigenvalue weighted by Gasteiger charge is 2.53. The van der Waals surface area contributed by atoms with E-state index in [1.807, 2.05) is 0 Å². The zero-order chi connectivity index (χ0) is 19.3. The van der Waals surface area contributed by atoms with Gasteiger partial charge in [0.25, 0.3) is 0 Å². The highest BCUT2D eigenvalue weighted by atomic mass is 16.3. The van der Waals surface area contributed by atoms with Crippen molar-refractivity contribution in [3.8, 4) is 0 Å². The molecule has 0 aromatic carbocycles. The van der Waals surface area contributed by atoms with Gasteiger partial charge in [-0.1, -0.05) is 39.3 Å². The number of allylic oxidation sites excluding steroid dienone is 4. The molecule has 0 amide bonds. The molecule has 3 aliphatic rings. The highest BCUT2D eigenvalue weighted by Crippen LogP contribution is 2.62. The SMILES string of the molecule is C=C1CCC2C(C)(C)CCC[C@]2(C)[C@H]1CC1=C(O)C(=O)C(CO)=CC1=O. The Balaban J connectivity index is 1.95. The van der Waals surface area contributed by atoms with Crippen molar-refractivity contribution in [3.63, 3.8) is 0 Å². The smallest absolute Gasteiger partial charge is 0.226 e. The molecular weight excluding hydrogens is 328 g/mol. The number of carbonyl (C=O) groups excluding carboxylic acids is 2. The first-order valence-electron chi connectivity index (χ1n) is 9.62. The maximum Gasteiger partial charge on any atom is 0.226 e. The van der Waals surface area contributed by atoms with Crippen LogP contribution in [0.1, 0.15) is 59.3 Å². The molecule has 0 radical (unpaired) electrons. The van der Waals surface area contributed by atoms with Gasteiger partial charge in [-0.05, 0) is 60.8 Å². The third kappa shape index (κ3) is 2.88. The fourth-order valence-electron chi connectivity index (χ4n) is 5.89. The summed E-state index contributed by atoms with van der Waals surface area (Å²) in [5.74, 6) is -0.859. The molecule has 0 saturated heterocycles. The Kier molecular flexibility index (Phi) is 4.76. The van der Waals surface area contributed by atoms with Crippen LogP contribution in [0.4, 0.5) is 0 Å². The summed E-state index contributed by atoms with van der Waals surface area (Å²) >= 11 is 0. The molecule has 142 valence electrons. The van der Waals surface area contributed by atoms with Crippen molar-refractivity contribution in [2.45, 2.75) is 59.3 Å². The summed E-state index contributed by atoms with van der Waals surface area (Å²) in [5, 5.41) is 19.5. The number of carbonyl (C=O) groups is 2. The van der Waals surface area contributed by atoms with Crippen molar-refractivity contribution >= 4 is 11.6 Å². The van der Waals surface area contributed by atoms with Crippen LogP contribution in [0.2, 0.25) is 0 Å². The first-order valence-corrected chi connectivity index (χ1v) is 9.62. The van der Waals surface area contributed by atoms with Crippen molar-refractivity contribution in [1.29, 1.82) is 0 Å². The number of fused-ring (bicyclic) bond motifs is 1. The predicted molar refractivity (Wildman–Crippen MR) is 101 cm³/mol. The molecule has 26 heavy (non-hydrogen) atoms. The van der Waals surface area contributed by atoms with Gasteiger partial charge in [-0.15, -0.1) is 0 Å². The maximum atomic E-state index is 12.5. The second-order valence-electron chi connectivity index (χ2n) is 9.20. The number of rotatable bonds is 3. The van der Waals surface area contributed by atoms with Crippen LogP contribution < -0.4 is 0 Å². The number of aliphatic hydroxyl groups is 2. The van der Waals surface area contributed by atoms with E-state index in [2.05, 4.69) is 27.4 Å². The van der Waals surface area contributed by atoms with Gasteiger partial charge in [0.05, 0.1) is 6.61 Å². The second kappa shape index (κ2) is 6.49. The maximum absolute atomic E-state index is 12.5. The summed E-state index contributed by atoms with van der Waals surface area (Å²) in [5.41, 5.74) is 1.54. The van der Waals surface area contributed by atoms with E-state index in [1.165, 1.54) is 12.5 Å². The monoisotopic (exact) mass is 358 g/mol. The van der Waals surface area contributed by atoms with E-state index in [4.69, 9.17) is 0 Å². The normalized spacial score (nSPS) is 34.6. The van der Waals surface area contributed by atoms with E-state index in [0.717, 1.165) is 31.3 Å². The predicted octanol–water partition coefficient (Wildman–Crippen LogP) is 4.06. The van der Waals surface area contributed by atoms with Crippen molar-refractivity contribution < 1.29 is 19.8 Å². The molecule has 3 atom stereocenters. The molecular formula is C22H30O4. The Labute approximate surface area is 155 Å².